The van der Waals surface area contributed by atoms with Crippen LogP contribution >= 0.6 is 0 Å². The first-order chi connectivity index (χ1) is 15.6. The Hall–Kier alpha value is -3.03. The SMILES string of the molecule is CCOC(=O)C1(NC(=O)c2cccc(C)c2OC2CCC2)Cc2ccc(C(F)(F)F)cc2C1. The summed E-state index contributed by atoms with van der Waals surface area (Å²) < 4.78 is 50.9. The second-order valence-corrected chi connectivity index (χ2v) is 8.71. The molecule has 1 N–H and O–H groups in total. The summed E-state index contributed by atoms with van der Waals surface area (Å²) >= 11 is 0. The number of halogens is 3. The van der Waals surface area contributed by atoms with Crippen LogP contribution in [0.3, 0.4) is 0 Å². The van der Waals surface area contributed by atoms with E-state index in [1.54, 1.807) is 19.1 Å². The first-order valence-corrected chi connectivity index (χ1v) is 11.1. The number of alkyl halides is 3. The minimum Gasteiger partial charge on any atom is -0.489 e. The van der Waals surface area contributed by atoms with Gasteiger partial charge in [0.1, 0.15) is 11.3 Å². The van der Waals surface area contributed by atoms with E-state index >= 15 is 0 Å². The van der Waals surface area contributed by atoms with Gasteiger partial charge >= 0.3 is 12.1 Å². The number of aryl methyl sites for hydroxylation is 1. The standard InChI is InChI=1S/C25H26F3NO4/c1-3-32-23(31)24(13-16-10-11-18(25(26,27)28)12-17(16)14-24)29-22(30)20-9-4-6-15(2)21(20)33-19-7-5-8-19/h4,6,9-12,19H,3,5,7-8,13-14H2,1-2H3,(H,29,30). The Labute approximate surface area is 190 Å². The number of hydrogen-bond donors (Lipinski definition) is 1. The summed E-state index contributed by atoms with van der Waals surface area (Å²) in [6, 6.07) is 8.60. The molecule has 0 aliphatic heterocycles. The van der Waals surface area contributed by atoms with Crippen LogP contribution in [0.15, 0.2) is 36.4 Å². The lowest BCUT2D eigenvalue weighted by molar-refractivity contribution is -0.150. The van der Waals surface area contributed by atoms with Crippen molar-refractivity contribution in [2.45, 2.75) is 63.8 Å². The van der Waals surface area contributed by atoms with E-state index in [4.69, 9.17) is 9.47 Å². The zero-order valence-electron chi connectivity index (χ0n) is 18.6. The summed E-state index contributed by atoms with van der Waals surface area (Å²) in [5.74, 6) is -0.726. The third-order valence-corrected chi connectivity index (χ3v) is 6.33. The van der Waals surface area contributed by atoms with Gasteiger partial charge < -0.3 is 14.8 Å². The van der Waals surface area contributed by atoms with Crippen molar-refractivity contribution in [2.24, 2.45) is 0 Å². The van der Waals surface area contributed by atoms with Crippen molar-refractivity contribution < 1.29 is 32.2 Å². The van der Waals surface area contributed by atoms with Crippen LogP contribution in [0.4, 0.5) is 13.2 Å². The normalized spacial score (nSPS) is 20.0. The van der Waals surface area contributed by atoms with Crippen LogP contribution in [0.25, 0.3) is 0 Å². The minimum atomic E-state index is -4.50. The maximum absolute atomic E-state index is 13.4. The van der Waals surface area contributed by atoms with Gasteiger partial charge in [0.25, 0.3) is 5.91 Å². The summed E-state index contributed by atoms with van der Waals surface area (Å²) in [5.41, 5.74) is -0.249. The van der Waals surface area contributed by atoms with Crippen LogP contribution in [0, 0.1) is 6.92 Å². The number of esters is 1. The molecule has 4 rings (SSSR count). The van der Waals surface area contributed by atoms with Gasteiger partial charge in [-0.15, -0.1) is 0 Å². The van der Waals surface area contributed by atoms with Gasteiger partial charge in [-0.2, -0.15) is 13.2 Å². The highest BCUT2D eigenvalue weighted by Gasteiger charge is 2.47. The molecule has 0 spiro atoms. The van der Waals surface area contributed by atoms with Gasteiger partial charge in [0.2, 0.25) is 0 Å². The molecule has 176 valence electrons. The summed E-state index contributed by atoms with van der Waals surface area (Å²) in [5, 5.41) is 2.80. The topological polar surface area (TPSA) is 64.6 Å². The molecule has 1 fully saturated rings. The van der Waals surface area contributed by atoms with Crippen LogP contribution in [0.1, 0.15) is 58.8 Å². The molecule has 5 nitrogen and oxygen atoms in total. The number of hydrogen-bond acceptors (Lipinski definition) is 4. The van der Waals surface area contributed by atoms with E-state index in [9.17, 15) is 22.8 Å². The zero-order chi connectivity index (χ0) is 23.8. The highest BCUT2D eigenvalue weighted by Crippen LogP contribution is 2.37. The van der Waals surface area contributed by atoms with Gasteiger partial charge in [-0.05, 0) is 68.0 Å². The first-order valence-electron chi connectivity index (χ1n) is 11.1. The fourth-order valence-corrected chi connectivity index (χ4v) is 4.33. The van der Waals surface area contributed by atoms with E-state index in [1.807, 2.05) is 13.0 Å². The van der Waals surface area contributed by atoms with Crippen molar-refractivity contribution >= 4 is 11.9 Å². The van der Waals surface area contributed by atoms with Crippen molar-refractivity contribution in [1.29, 1.82) is 0 Å². The van der Waals surface area contributed by atoms with E-state index in [1.165, 1.54) is 6.07 Å². The number of ether oxygens (including phenoxy) is 2. The Morgan fingerprint density at radius 2 is 1.85 bits per heavy atom. The Morgan fingerprint density at radius 1 is 1.12 bits per heavy atom. The third kappa shape index (κ3) is 4.56. The fourth-order valence-electron chi connectivity index (χ4n) is 4.33. The average molecular weight is 461 g/mol. The number of para-hydroxylation sites is 1. The van der Waals surface area contributed by atoms with E-state index in [-0.39, 0.29) is 31.1 Å². The highest BCUT2D eigenvalue weighted by molar-refractivity contribution is 6.01. The number of carbonyl (C=O) groups excluding carboxylic acids is 2. The lowest BCUT2D eigenvalue weighted by Crippen LogP contribution is -2.56. The first kappa shape index (κ1) is 23.1. The predicted molar refractivity (Wildman–Crippen MR) is 115 cm³/mol. The molecular weight excluding hydrogens is 435 g/mol. The van der Waals surface area contributed by atoms with Crippen LogP contribution in [0.5, 0.6) is 5.75 Å². The third-order valence-electron chi connectivity index (χ3n) is 6.33. The average Bonchev–Trinajstić information content (AvgIpc) is 3.09. The van der Waals surface area contributed by atoms with E-state index < -0.39 is 29.2 Å². The van der Waals surface area contributed by atoms with Crippen molar-refractivity contribution in [2.75, 3.05) is 6.61 Å². The van der Waals surface area contributed by atoms with Crippen LogP contribution in [-0.2, 0) is 28.5 Å². The van der Waals surface area contributed by atoms with Crippen LogP contribution in [-0.4, -0.2) is 30.1 Å². The Kier molecular flexibility index (Phi) is 6.12. The summed E-state index contributed by atoms with van der Waals surface area (Å²) in [4.78, 5) is 26.4. The molecule has 1 atom stereocenters. The van der Waals surface area contributed by atoms with Crippen LogP contribution in [0.2, 0.25) is 0 Å². The molecule has 2 aliphatic carbocycles. The van der Waals surface area contributed by atoms with Gasteiger partial charge in [-0.1, -0.05) is 18.2 Å². The smallest absolute Gasteiger partial charge is 0.416 e. The second kappa shape index (κ2) is 8.72. The maximum atomic E-state index is 13.4. The lowest BCUT2D eigenvalue weighted by atomic mass is 9.94. The Morgan fingerprint density at radius 3 is 2.48 bits per heavy atom. The fraction of sp³-hybridized carbons (Fsp3) is 0.440. The number of carbonyl (C=O) groups is 2. The molecule has 0 bridgehead atoms. The second-order valence-electron chi connectivity index (χ2n) is 8.71. The van der Waals surface area contributed by atoms with Crippen molar-refractivity contribution in [3.05, 3.63) is 64.2 Å². The van der Waals surface area contributed by atoms with Crippen molar-refractivity contribution in [1.82, 2.24) is 5.32 Å². The molecule has 33 heavy (non-hydrogen) atoms. The molecule has 1 amide bonds. The molecule has 1 saturated carbocycles. The zero-order valence-corrected chi connectivity index (χ0v) is 18.6. The highest BCUT2D eigenvalue weighted by atomic mass is 19.4. The molecule has 8 heteroatoms. The molecule has 0 radical (unpaired) electrons. The van der Waals surface area contributed by atoms with Crippen molar-refractivity contribution in [3.8, 4) is 5.75 Å². The van der Waals surface area contributed by atoms with Gasteiger partial charge in [-0.25, -0.2) is 4.79 Å². The van der Waals surface area contributed by atoms with Gasteiger partial charge in [-0.3, -0.25) is 4.79 Å². The molecule has 2 aliphatic rings. The van der Waals surface area contributed by atoms with Gasteiger partial charge in [0, 0.05) is 12.8 Å². The monoisotopic (exact) mass is 461 g/mol. The minimum absolute atomic E-state index is 0.0493. The molecule has 0 saturated heterocycles. The number of fused-ring (bicyclic) bond motifs is 1. The largest absolute Gasteiger partial charge is 0.489 e. The number of amides is 1. The number of rotatable bonds is 6. The quantitative estimate of drug-likeness (QED) is 0.629. The van der Waals surface area contributed by atoms with Crippen molar-refractivity contribution in [3.63, 3.8) is 0 Å². The molecule has 2 aromatic carbocycles. The molecule has 0 heterocycles. The van der Waals surface area contributed by atoms with Gasteiger partial charge in [0.15, 0.2) is 0 Å². The molecule has 1 unspecified atom stereocenters. The molecule has 2 aromatic rings. The lowest BCUT2D eigenvalue weighted by Gasteiger charge is -2.30. The Bertz CT molecular complexity index is 1080. The maximum Gasteiger partial charge on any atom is 0.416 e. The van der Waals surface area contributed by atoms with E-state index in [2.05, 4.69) is 5.32 Å². The summed E-state index contributed by atoms with van der Waals surface area (Å²) in [6.45, 7) is 3.57. The molecular formula is C25H26F3NO4. The number of benzene rings is 2. The summed E-state index contributed by atoms with van der Waals surface area (Å²) in [7, 11) is 0. The van der Waals surface area contributed by atoms with E-state index in [0.717, 1.165) is 37.0 Å². The molecule has 0 aromatic heterocycles. The van der Waals surface area contributed by atoms with E-state index in [0.29, 0.717) is 16.9 Å². The summed E-state index contributed by atoms with van der Waals surface area (Å²) in [6.07, 6.45) is -1.58. The van der Waals surface area contributed by atoms with Crippen LogP contribution < -0.4 is 10.1 Å². The number of nitrogens with one attached hydrogen (secondary N) is 1. The Balaban J connectivity index is 1.65. The predicted octanol–water partition coefficient (Wildman–Crippen LogP) is 4.78. The van der Waals surface area contributed by atoms with Gasteiger partial charge in [0.05, 0.1) is 23.8 Å².